The van der Waals surface area contributed by atoms with Crippen LogP contribution in [0.4, 0.5) is 0 Å². The molecule has 0 saturated heterocycles. The van der Waals surface area contributed by atoms with Gasteiger partial charge in [-0.2, -0.15) is 15.4 Å². The van der Waals surface area contributed by atoms with Crippen molar-refractivity contribution in [1.82, 2.24) is 15.4 Å². The van der Waals surface area contributed by atoms with Crippen molar-refractivity contribution in [1.29, 1.82) is 0 Å². The molecule has 3 N–H and O–H groups in total. The van der Waals surface area contributed by atoms with Gasteiger partial charge in [0.2, 0.25) is 0 Å². The zero-order valence-electron chi connectivity index (χ0n) is 7.04. The summed E-state index contributed by atoms with van der Waals surface area (Å²) in [6.07, 6.45) is 3.28. The number of nitrogens with two attached hydrogens (primary N) is 1. The normalized spacial score (nSPS) is 11.8. The van der Waals surface area contributed by atoms with Crippen LogP contribution in [0.2, 0.25) is 0 Å². The van der Waals surface area contributed by atoms with E-state index in [1.807, 2.05) is 6.92 Å². The Morgan fingerprint density at radius 1 is 1.75 bits per heavy atom. The second-order valence-electron chi connectivity index (χ2n) is 2.47. The van der Waals surface area contributed by atoms with Crippen LogP contribution in [0.3, 0.4) is 0 Å². The van der Waals surface area contributed by atoms with Crippen LogP contribution in [0.25, 0.3) is 0 Å². The predicted octanol–water partition coefficient (Wildman–Crippen LogP) is 0.608. The monoisotopic (exact) mass is 164 g/mol. The summed E-state index contributed by atoms with van der Waals surface area (Å²) in [6, 6.07) is -0.0513. The summed E-state index contributed by atoms with van der Waals surface area (Å²) in [5.41, 5.74) is 6.59. The molecule has 0 fully saturated rings. The fraction of sp³-hybridized carbons (Fsp3) is 0.500. The van der Waals surface area contributed by atoms with Crippen LogP contribution in [-0.4, -0.2) is 15.4 Å². The summed E-state index contributed by atoms with van der Waals surface area (Å²) in [4.78, 5) is 0. The molecule has 0 spiro atoms. The zero-order chi connectivity index (χ0) is 8.81. The Morgan fingerprint density at radius 3 is 3.17 bits per heavy atom. The van der Waals surface area contributed by atoms with Gasteiger partial charge in [-0.1, -0.05) is 0 Å². The Bertz CT molecular complexity index is 267. The first-order chi connectivity index (χ1) is 5.84. The highest BCUT2D eigenvalue weighted by atomic mass is 15.3. The highest BCUT2D eigenvalue weighted by Crippen LogP contribution is 2.10. The highest BCUT2D eigenvalue weighted by Gasteiger charge is 2.06. The van der Waals surface area contributed by atoms with Crippen molar-refractivity contribution in [3.05, 3.63) is 11.9 Å². The standard InChI is InChI=1S/C8H12N4/c1-2-3-4-5-7(9)8-6-10-12-11-8/h6-7H,4-5,9H2,1H3,(H,10,11,12). The van der Waals surface area contributed by atoms with Gasteiger partial charge in [0.05, 0.1) is 17.9 Å². The Balaban J connectivity index is 2.37. The molecule has 4 nitrogen and oxygen atoms in total. The third kappa shape index (κ3) is 2.36. The van der Waals surface area contributed by atoms with Gasteiger partial charge in [-0.15, -0.1) is 11.8 Å². The number of hydrogen-bond acceptors (Lipinski definition) is 3. The van der Waals surface area contributed by atoms with Gasteiger partial charge in [0, 0.05) is 6.42 Å². The summed E-state index contributed by atoms with van der Waals surface area (Å²) in [5.74, 6) is 5.77. The molecule has 1 aromatic rings. The smallest absolute Gasteiger partial charge is 0.0991 e. The molecule has 0 aliphatic heterocycles. The summed E-state index contributed by atoms with van der Waals surface area (Å²) >= 11 is 0. The molecule has 4 heteroatoms. The van der Waals surface area contributed by atoms with E-state index in [4.69, 9.17) is 5.73 Å². The Morgan fingerprint density at radius 2 is 2.58 bits per heavy atom. The Labute approximate surface area is 71.5 Å². The number of nitrogens with one attached hydrogen (secondary N) is 1. The van der Waals surface area contributed by atoms with Crippen LogP contribution in [0.5, 0.6) is 0 Å². The first-order valence-electron chi connectivity index (χ1n) is 3.85. The first-order valence-corrected chi connectivity index (χ1v) is 3.85. The molecule has 12 heavy (non-hydrogen) atoms. The average Bonchev–Trinajstić information content (AvgIpc) is 2.56. The van der Waals surface area contributed by atoms with Crippen molar-refractivity contribution >= 4 is 0 Å². The van der Waals surface area contributed by atoms with E-state index in [1.54, 1.807) is 6.20 Å². The van der Waals surface area contributed by atoms with E-state index in [-0.39, 0.29) is 6.04 Å². The van der Waals surface area contributed by atoms with E-state index in [9.17, 15) is 0 Å². The van der Waals surface area contributed by atoms with Gasteiger partial charge >= 0.3 is 0 Å². The lowest BCUT2D eigenvalue weighted by Gasteiger charge is -2.03. The van der Waals surface area contributed by atoms with E-state index in [0.717, 1.165) is 18.5 Å². The fourth-order valence-corrected chi connectivity index (χ4v) is 0.890. The maximum absolute atomic E-state index is 5.79. The topological polar surface area (TPSA) is 67.6 Å². The molecular weight excluding hydrogens is 152 g/mol. The average molecular weight is 164 g/mol. The molecule has 0 radical (unpaired) electrons. The summed E-state index contributed by atoms with van der Waals surface area (Å²) < 4.78 is 0. The van der Waals surface area contributed by atoms with Crippen molar-refractivity contribution in [3.63, 3.8) is 0 Å². The van der Waals surface area contributed by atoms with E-state index in [2.05, 4.69) is 27.3 Å². The molecule has 0 aromatic carbocycles. The van der Waals surface area contributed by atoms with Crippen LogP contribution in [-0.2, 0) is 0 Å². The van der Waals surface area contributed by atoms with Crippen LogP contribution >= 0.6 is 0 Å². The molecule has 0 aliphatic rings. The highest BCUT2D eigenvalue weighted by molar-refractivity contribution is 5.01. The van der Waals surface area contributed by atoms with Gasteiger partial charge in [-0.25, -0.2) is 0 Å². The minimum absolute atomic E-state index is 0.0513. The lowest BCUT2D eigenvalue weighted by Crippen LogP contribution is -2.10. The summed E-state index contributed by atoms with van der Waals surface area (Å²) in [6.45, 7) is 1.82. The minimum atomic E-state index is -0.0513. The van der Waals surface area contributed by atoms with Gasteiger partial charge in [0.15, 0.2) is 0 Å². The van der Waals surface area contributed by atoms with Crippen molar-refractivity contribution in [2.75, 3.05) is 0 Å². The van der Waals surface area contributed by atoms with Crippen LogP contribution in [0.1, 0.15) is 31.5 Å². The van der Waals surface area contributed by atoms with Crippen molar-refractivity contribution in [3.8, 4) is 11.8 Å². The third-order valence-corrected chi connectivity index (χ3v) is 1.57. The van der Waals surface area contributed by atoms with Crippen LogP contribution in [0, 0.1) is 11.8 Å². The van der Waals surface area contributed by atoms with Gasteiger partial charge in [0.25, 0.3) is 0 Å². The molecule has 1 rings (SSSR count). The van der Waals surface area contributed by atoms with Gasteiger partial charge in [-0.3, -0.25) is 0 Å². The van der Waals surface area contributed by atoms with E-state index in [0.29, 0.717) is 0 Å². The van der Waals surface area contributed by atoms with E-state index >= 15 is 0 Å². The number of H-pyrrole nitrogens is 1. The maximum atomic E-state index is 5.79. The number of aromatic nitrogens is 3. The van der Waals surface area contributed by atoms with Crippen molar-refractivity contribution in [2.45, 2.75) is 25.8 Å². The second kappa shape index (κ2) is 4.52. The molecule has 1 unspecified atom stereocenters. The first kappa shape index (κ1) is 8.75. The minimum Gasteiger partial charge on any atom is -0.323 e. The molecule has 1 atom stereocenters. The number of nitrogens with zero attached hydrogens (tertiary/aromatic N) is 2. The molecule has 0 saturated carbocycles. The summed E-state index contributed by atoms with van der Waals surface area (Å²) in [7, 11) is 0. The molecule has 0 aliphatic carbocycles. The zero-order valence-corrected chi connectivity index (χ0v) is 7.04. The largest absolute Gasteiger partial charge is 0.323 e. The lowest BCUT2D eigenvalue weighted by molar-refractivity contribution is 0.645. The van der Waals surface area contributed by atoms with E-state index < -0.39 is 0 Å². The van der Waals surface area contributed by atoms with Gasteiger partial charge in [0.1, 0.15) is 0 Å². The number of hydrogen-bond donors (Lipinski definition) is 2. The lowest BCUT2D eigenvalue weighted by atomic mass is 10.1. The molecule has 64 valence electrons. The molecule has 0 amide bonds. The maximum Gasteiger partial charge on any atom is 0.0991 e. The van der Waals surface area contributed by atoms with Crippen LogP contribution < -0.4 is 5.73 Å². The van der Waals surface area contributed by atoms with Crippen molar-refractivity contribution < 1.29 is 0 Å². The summed E-state index contributed by atoms with van der Waals surface area (Å²) in [5, 5.41) is 10.1. The fourth-order valence-electron chi connectivity index (χ4n) is 0.890. The molecular formula is C8H12N4. The van der Waals surface area contributed by atoms with Crippen LogP contribution in [0.15, 0.2) is 6.20 Å². The molecule has 1 aromatic heterocycles. The predicted molar refractivity (Wildman–Crippen MR) is 46.0 cm³/mol. The Kier molecular flexibility index (Phi) is 3.30. The second-order valence-corrected chi connectivity index (χ2v) is 2.47. The third-order valence-electron chi connectivity index (χ3n) is 1.57. The quantitative estimate of drug-likeness (QED) is 0.643. The van der Waals surface area contributed by atoms with Gasteiger partial charge < -0.3 is 5.73 Å². The Hall–Kier alpha value is -1.34. The molecule has 0 bridgehead atoms. The van der Waals surface area contributed by atoms with Crippen molar-refractivity contribution in [2.24, 2.45) is 5.73 Å². The number of rotatable bonds is 3. The number of aromatic amines is 1. The molecule has 1 heterocycles. The van der Waals surface area contributed by atoms with Gasteiger partial charge in [-0.05, 0) is 13.3 Å². The SMILES string of the molecule is CC#CCCC(N)c1cn[nH]n1. The van der Waals surface area contributed by atoms with E-state index in [1.165, 1.54) is 0 Å².